The second kappa shape index (κ2) is 15.6. The maximum Gasteiger partial charge on any atom is 0.306 e. The van der Waals surface area contributed by atoms with Crippen molar-refractivity contribution in [3.05, 3.63) is 118 Å². The molecule has 0 unspecified atom stereocenters. The van der Waals surface area contributed by atoms with Crippen LogP contribution in [0.3, 0.4) is 0 Å². The van der Waals surface area contributed by atoms with Crippen LogP contribution < -0.4 is 14.8 Å². The van der Waals surface area contributed by atoms with Gasteiger partial charge in [0.15, 0.2) is 0 Å². The van der Waals surface area contributed by atoms with Crippen LogP contribution in [0.25, 0.3) is 11.1 Å². The number of ether oxygens (including phenoxy) is 2. The molecule has 6 nitrogen and oxygen atoms in total. The lowest BCUT2D eigenvalue weighted by molar-refractivity contribution is -0.142. The number of aliphatic carboxylic acids is 1. The van der Waals surface area contributed by atoms with Gasteiger partial charge in [-0.25, -0.2) is 0 Å². The first-order valence-corrected chi connectivity index (χ1v) is 16.1. The largest absolute Gasteiger partial charge is 0.488 e. The van der Waals surface area contributed by atoms with Crippen molar-refractivity contribution >= 4 is 23.5 Å². The summed E-state index contributed by atoms with van der Waals surface area (Å²) in [6.07, 6.45) is 12.5. The van der Waals surface area contributed by atoms with E-state index in [1.54, 1.807) is 0 Å². The van der Waals surface area contributed by atoms with Crippen LogP contribution >= 0.6 is 11.6 Å². The summed E-state index contributed by atoms with van der Waals surface area (Å²) in [5.41, 5.74) is 6.90. The number of hydrogen-bond donors (Lipinski definition) is 2. The Bertz CT molecular complexity index is 1610. The highest BCUT2D eigenvalue weighted by molar-refractivity contribution is 6.32. The summed E-state index contributed by atoms with van der Waals surface area (Å²) in [6.45, 7) is 3.04. The molecular weight excluding hydrogens is 586 g/mol. The summed E-state index contributed by atoms with van der Waals surface area (Å²) in [5, 5.41) is 13.2. The Kier molecular flexibility index (Phi) is 11.2. The lowest BCUT2D eigenvalue weighted by Crippen LogP contribution is -2.29. The fraction of sp³-hybridized carbons (Fsp3) is 0.316. The van der Waals surface area contributed by atoms with Gasteiger partial charge in [-0.3, -0.25) is 9.59 Å². The number of carbonyl (C=O) groups excluding carboxylic acids is 1. The number of rotatable bonds is 5. The van der Waals surface area contributed by atoms with Gasteiger partial charge in [0.1, 0.15) is 24.7 Å². The minimum Gasteiger partial charge on any atom is -0.488 e. The van der Waals surface area contributed by atoms with Crippen LogP contribution in [-0.4, -0.2) is 30.1 Å². The van der Waals surface area contributed by atoms with Crippen LogP contribution in [0, 0.1) is 12.8 Å². The fourth-order valence-corrected chi connectivity index (χ4v) is 6.03. The van der Waals surface area contributed by atoms with Gasteiger partial charge in [0, 0.05) is 18.2 Å². The van der Waals surface area contributed by atoms with Crippen molar-refractivity contribution in [1.29, 1.82) is 0 Å². The zero-order valence-corrected chi connectivity index (χ0v) is 26.4. The average Bonchev–Trinajstić information content (AvgIpc) is 3.02. The van der Waals surface area contributed by atoms with Crippen molar-refractivity contribution < 1.29 is 24.2 Å². The van der Waals surface area contributed by atoms with E-state index in [4.69, 9.17) is 21.1 Å². The molecule has 234 valence electrons. The number of allylic oxidation sites excluding steroid dienone is 2. The molecule has 7 heteroatoms. The molecule has 0 radical (unpaired) electrons. The van der Waals surface area contributed by atoms with Crippen LogP contribution in [0.1, 0.15) is 55.2 Å². The Morgan fingerprint density at radius 2 is 1.91 bits per heavy atom. The van der Waals surface area contributed by atoms with Crippen molar-refractivity contribution in [2.24, 2.45) is 5.92 Å². The van der Waals surface area contributed by atoms with Crippen LogP contribution in [0.15, 0.2) is 96.1 Å². The Labute approximate surface area is 270 Å². The first-order chi connectivity index (χ1) is 21.9. The molecule has 3 aromatic rings. The van der Waals surface area contributed by atoms with Crippen molar-refractivity contribution in [2.75, 3.05) is 13.2 Å². The molecule has 1 aliphatic carbocycles. The first-order valence-electron chi connectivity index (χ1n) is 15.7. The molecule has 1 heterocycles. The van der Waals surface area contributed by atoms with E-state index < -0.39 is 11.9 Å². The second-order valence-corrected chi connectivity index (χ2v) is 12.0. The summed E-state index contributed by atoms with van der Waals surface area (Å²) in [7, 11) is 0. The van der Waals surface area contributed by atoms with Crippen molar-refractivity contribution in [2.45, 2.75) is 58.5 Å². The molecule has 0 spiro atoms. The minimum absolute atomic E-state index is 0.200. The quantitative estimate of drug-likeness (QED) is 0.297. The molecule has 2 aliphatic rings. The lowest BCUT2D eigenvalue weighted by atomic mass is 9.96. The average molecular weight is 626 g/mol. The third-order valence-electron chi connectivity index (χ3n) is 8.43. The van der Waals surface area contributed by atoms with E-state index in [0.717, 1.165) is 59.1 Å². The normalized spacial score (nSPS) is 18.5. The number of carbonyl (C=O) groups is 2. The third-order valence-corrected chi connectivity index (χ3v) is 8.73. The van der Waals surface area contributed by atoms with Crippen molar-refractivity contribution in [1.82, 2.24) is 5.32 Å². The third kappa shape index (κ3) is 8.67. The molecular formula is C38H40ClNO5. The number of benzene rings is 3. The molecule has 0 aromatic heterocycles. The zero-order chi connectivity index (χ0) is 31.6. The Morgan fingerprint density at radius 1 is 1.07 bits per heavy atom. The van der Waals surface area contributed by atoms with Crippen LogP contribution in [0.5, 0.6) is 11.5 Å². The second-order valence-electron chi connectivity index (χ2n) is 11.6. The molecule has 0 saturated carbocycles. The van der Waals surface area contributed by atoms with E-state index in [9.17, 15) is 14.7 Å². The van der Waals surface area contributed by atoms with Crippen LogP contribution in [-0.2, 0) is 22.6 Å². The van der Waals surface area contributed by atoms with Gasteiger partial charge in [-0.15, -0.1) is 0 Å². The molecule has 1 amide bonds. The molecule has 45 heavy (non-hydrogen) atoms. The number of fused-ring (bicyclic) bond motifs is 2. The highest BCUT2D eigenvalue weighted by atomic mass is 35.5. The van der Waals surface area contributed by atoms with E-state index in [-0.39, 0.29) is 12.5 Å². The minimum atomic E-state index is -0.832. The van der Waals surface area contributed by atoms with Gasteiger partial charge in [0.25, 0.3) is 5.91 Å². The summed E-state index contributed by atoms with van der Waals surface area (Å²) in [6, 6.07) is 20.3. The van der Waals surface area contributed by atoms with Gasteiger partial charge >= 0.3 is 5.97 Å². The maximum absolute atomic E-state index is 13.0. The van der Waals surface area contributed by atoms with Gasteiger partial charge in [0.2, 0.25) is 0 Å². The van der Waals surface area contributed by atoms with E-state index in [2.05, 4.69) is 42.6 Å². The number of aryl methyl sites for hydroxylation is 1. The Hall–Kier alpha value is -4.29. The standard InChI is InChI=1S/C38H40ClNO5/c1-26-32(17-10-18-33(26)28-12-5-3-6-13-28)25-45-36-23-35-30(22-34(36)39)15-9-8-14-29(38(42)43)19-20-40-37(41)31-16-7-2-4-11-27(21-31)24-44-35/h3-6,10-13,16-18,21-23,29H,2,7-9,14-15,19-20,24-25H2,1H3,(H,40,41)(H,42,43)/b11-4-,27-21?,31-16?/t29-/m0/s1. The summed E-state index contributed by atoms with van der Waals surface area (Å²) in [4.78, 5) is 24.9. The molecule has 5 rings (SSSR count). The fourth-order valence-electron chi connectivity index (χ4n) is 5.79. The van der Waals surface area contributed by atoms with E-state index >= 15 is 0 Å². The molecule has 1 aliphatic heterocycles. The Morgan fingerprint density at radius 3 is 2.73 bits per heavy atom. The molecule has 3 aromatic carbocycles. The van der Waals surface area contributed by atoms with Gasteiger partial charge in [-0.1, -0.05) is 84.8 Å². The number of carboxylic acid groups (broad SMARTS) is 1. The van der Waals surface area contributed by atoms with E-state index in [0.29, 0.717) is 54.5 Å². The predicted molar refractivity (Wildman–Crippen MR) is 179 cm³/mol. The van der Waals surface area contributed by atoms with Gasteiger partial charge in [-0.2, -0.15) is 0 Å². The van der Waals surface area contributed by atoms with Gasteiger partial charge in [-0.05, 0) is 91.0 Å². The van der Waals surface area contributed by atoms with Gasteiger partial charge in [0.05, 0.1) is 10.9 Å². The van der Waals surface area contributed by atoms with Crippen LogP contribution in [0.4, 0.5) is 0 Å². The zero-order valence-electron chi connectivity index (χ0n) is 25.7. The SMILES string of the molecule is Cc1c(COc2cc3c(cc2Cl)CCCC[C@H](C(=O)O)CCNC(=O)C2=CCC/C=C\C(=C2)CO3)cccc1-c1ccccc1. The van der Waals surface area contributed by atoms with Crippen LogP contribution in [0.2, 0.25) is 5.02 Å². The summed E-state index contributed by atoms with van der Waals surface area (Å²) in [5.74, 6) is -0.355. The monoisotopic (exact) mass is 625 g/mol. The van der Waals surface area contributed by atoms with E-state index in [1.165, 1.54) is 0 Å². The van der Waals surface area contributed by atoms with E-state index in [1.807, 2.05) is 54.6 Å². The highest BCUT2D eigenvalue weighted by Gasteiger charge is 2.19. The maximum atomic E-state index is 13.0. The number of hydrogen-bond acceptors (Lipinski definition) is 4. The summed E-state index contributed by atoms with van der Waals surface area (Å²) >= 11 is 6.78. The molecule has 0 saturated heterocycles. The smallest absolute Gasteiger partial charge is 0.306 e. The van der Waals surface area contributed by atoms with Crippen molar-refractivity contribution in [3.63, 3.8) is 0 Å². The predicted octanol–water partition coefficient (Wildman–Crippen LogP) is 8.41. The number of nitrogens with one attached hydrogen (secondary N) is 1. The molecule has 2 N–H and O–H groups in total. The summed E-state index contributed by atoms with van der Waals surface area (Å²) < 4.78 is 12.7. The number of amides is 1. The topological polar surface area (TPSA) is 84.9 Å². The van der Waals surface area contributed by atoms with Gasteiger partial charge < -0.3 is 19.9 Å². The number of halogens is 1. The molecule has 0 fully saturated rings. The number of carboxylic acids is 1. The molecule has 1 atom stereocenters. The molecule has 2 bridgehead atoms. The Balaban J connectivity index is 1.41. The van der Waals surface area contributed by atoms with Crippen molar-refractivity contribution in [3.8, 4) is 22.6 Å². The first kappa shape index (κ1) is 32.1. The highest BCUT2D eigenvalue weighted by Crippen LogP contribution is 2.36. The lowest BCUT2D eigenvalue weighted by Gasteiger charge is -2.18.